The highest BCUT2D eigenvalue weighted by Gasteiger charge is 2.20. The summed E-state index contributed by atoms with van der Waals surface area (Å²) >= 11 is 0. The summed E-state index contributed by atoms with van der Waals surface area (Å²) in [7, 11) is 0. The van der Waals surface area contributed by atoms with Gasteiger partial charge in [0, 0.05) is 24.7 Å². The number of piperidine rings is 1. The smallest absolute Gasteiger partial charge is 0.124 e. The molecule has 2 heterocycles. The zero-order valence-corrected chi connectivity index (χ0v) is 14.3. The van der Waals surface area contributed by atoms with Crippen molar-refractivity contribution in [1.29, 1.82) is 0 Å². The first-order valence-electron chi connectivity index (χ1n) is 9.09. The van der Waals surface area contributed by atoms with Crippen LogP contribution in [0.15, 0.2) is 18.2 Å². The number of hydrogen-bond donors (Lipinski definition) is 2. The lowest BCUT2D eigenvalue weighted by Crippen LogP contribution is -2.37. The van der Waals surface area contributed by atoms with Crippen LogP contribution >= 0.6 is 0 Å². The van der Waals surface area contributed by atoms with Gasteiger partial charge in [-0.05, 0) is 58.2 Å². The molecular formula is C19H30N2O2. The maximum Gasteiger partial charge on any atom is 0.124 e. The van der Waals surface area contributed by atoms with E-state index < -0.39 is 0 Å². The molecule has 1 fully saturated rings. The normalized spacial score (nSPS) is 23.1. The maximum absolute atomic E-state index is 9.56. The number of nitrogens with zero attached hydrogens (tertiary/aromatic N) is 1. The van der Waals surface area contributed by atoms with Crippen LogP contribution in [-0.4, -0.2) is 48.9 Å². The number of aliphatic hydroxyl groups is 1. The second-order valence-corrected chi connectivity index (χ2v) is 6.97. The fourth-order valence-electron chi connectivity index (χ4n) is 3.63. The first-order chi connectivity index (χ1) is 11.2. The topological polar surface area (TPSA) is 44.7 Å². The SMILES string of the molecule is Cc1ccc2c(c1)C(NCCCN1CCC(O)CC1)CCCO2. The minimum Gasteiger partial charge on any atom is -0.493 e. The van der Waals surface area contributed by atoms with Crippen molar-refractivity contribution in [3.05, 3.63) is 29.3 Å². The van der Waals surface area contributed by atoms with Gasteiger partial charge in [0.25, 0.3) is 0 Å². The monoisotopic (exact) mass is 318 g/mol. The Balaban J connectivity index is 1.47. The minimum atomic E-state index is -0.0740. The first-order valence-corrected chi connectivity index (χ1v) is 9.09. The number of fused-ring (bicyclic) bond motifs is 1. The second kappa shape index (κ2) is 8.13. The van der Waals surface area contributed by atoms with Crippen LogP contribution in [0.5, 0.6) is 5.75 Å². The van der Waals surface area contributed by atoms with Gasteiger partial charge in [0.15, 0.2) is 0 Å². The summed E-state index contributed by atoms with van der Waals surface area (Å²) < 4.78 is 5.87. The van der Waals surface area contributed by atoms with E-state index >= 15 is 0 Å². The van der Waals surface area contributed by atoms with Crippen LogP contribution in [0, 0.1) is 6.92 Å². The summed E-state index contributed by atoms with van der Waals surface area (Å²) in [6.07, 6.45) is 5.20. The molecule has 2 aliphatic heterocycles. The third-order valence-electron chi connectivity index (χ3n) is 5.03. The van der Waals surface area contributed by atoms with Crippen LogP contribution in [0.3, 0.4) is 0 Å². The van der Waals surface area contributed by atoms with Gasteiger partial charge in [-0.2, -0.15) is 0 Å². The first kappa shape index (κ1) is 16.7. The Morgan fingerprint density at radius 1 is 1.26 bits per heavy atom. The molecular weight excluding hydrogens is 288 g/mol. The lowest BCUT2D eigenvalue weighted by Gasteiger charge is -2.29. The van der Waals surface area contributed by atoms with Crippen molar-refractivity contribution in [3.8, 4) is 5.75 Å². The molecule has 4 heteroatoms. The number of benzene rings is 1. The van der Waals surface area contributed by atoms with Crippen molar-refractivity contribution in [1.82, 2.24) is 10.2 Å². The number of ether oxygens (including phenoxy) is 1. The van der Waals surface area contributed by atoms with Gasteiger partial charge < -0.3 is 20.1 Å². The van der Waals surface area contributed by atoms with Crippen LogP contribution in [-0.2, 0) is 0 Å². The molecule has 2 N–H and O–H groups in total. The molecule has 23 heavy (non-hydrogen) atoms. The Kier molecular flexibility index (Phi) is 5.92. The molecule has 1 aromatic rings. The van der Waals surface area contributed by atoms with Crippen molar-refractivity contribution < 1.29 is 9.84 Å². The van der Waals surface area contributed by atoms with Crippen LogP contribution in [0.25, 0.3) is 0 Å². The van der Waals surface area contributed by atoms with Crippen molar-refractivity contribution in [3.63, 3.8) is 0 Å². The van der Waals surface area contributed by atoms with Crippen LogP contribution < -0.4 is 10.1 Å². The molecule has 4 nitrogen and oxygen atoms in total. The van der Waals surface area contributed by atoms with Gasteiger partial charge in [-0.15, -0.1) is 0 Å². The van der Waals surface area contributed by atoms with Crippen molar-refractivity contribution in [2.24, 2.45) is 0 Å². The van der Waals surface area contributed by atoms with Gasteiger partial charge in [0.2, 0.25) is 0 Å². The van der Waals surface area contributed by atoms with E-state index in [-0.39, 0.29) is 6.10 Å². The van der Waals surface area contributed by atoms with E-state index in [9.17, 15) is 5.11 Å². The van der Waals surface area contributed by atoms with Gasteiger partial charge in [-0.25, -0.2) is 0 Å². The lowest BCUT2D eigenvalue weighted by atomic mass is 10.00. The fourth-order valence-corrected chi connectivity index (χ4v) is 3.63. The molecule has 2 aliphatic rings. The summed E-state index contributed by atoms with van der Waals surface area (Å²) in [5.74, 6) is 1.05. The van der Waals surface area contributed by atoms with Gasteiger partial charge in [-0.3, -0.25) is 0 Å². The number of aliphatic hydroxyl groups excluding tert-OH is 1. The Morgan fingerprint density at radius 2 is 2.09 bits per heavy atom. The minimum absolute atomic E-state index is 0.0740. The Labute approximate surface area is 139 Å². The molecule has 0 radical (unpaired) electrons. The van der Waals surface area contributed by atoms with Gasteiger partial charge in [0.1, 0.15) is 5.75 Å². The maximum atomic E-state index is 9.56. The number of hydrogen-bond acceptors (Lipinski definition) is 4. The summed E-state index contributed by atoms with van der Waals surface area (Å²) in [5, 5.41) is 13.3. The van der Waals surface area contributed by atoms with Crippen molar-refractivity contribution in [2.45, 2.75) is 51.2 Å². The Hall–Kier alpha value is -1.10. The highest BCUT2D eigenvalue weighted by molar-refractivity contribution is 5.39. The van der Waals surface area contributed by atoms with E-state index in [1.807, 2.05) is 0 Å². The van der Waals surface area contributed by atoms with E-state index in [0.29, 0.717) is 6.04 Å². The predicted octanol–water partition coefficient (Wildman–Crippen LogP) is 2.65. The van der Waals surface area contributed by atoms with Gasteiger partial charge >= 0.3 is 0 Å². The fraction of sp³-hybridized carbons (Fsp3) is 0.684. The molecule has 0 amide bonds. The molecule has 3 rings (SSSR count). The molecule has 1 saturated heterocycles. The highest BCUT2D eigenvalue weighted by Crippen LogP contribution is 2.32. The summed E-state index contributed by atoms with van der Waals surface area (Å²) in [5.41, 5.74) is 2.62. The molecule has 1 atom stereocenters. The number of likely N-dealkylation sites (tertiary alicyclic amines) is 1. The number of aryl methyl sites for hydroxylation is 1. The van der Waals surface area contributed by atoms with Crippen LogP contribution in [0.1, 0.15) is 49.3 Å². The number of rotatable bonds is 5. The average Bonchev–Trinajstić information content (AvgIpc) is 2.75. The quantitative estimate of drug-likeness (QED) is 0.819. The van der Waals surface area contributed by atoms with Gasteiger partial charge in [-0.1, -0.05) is 17.7 Å². The highest BCUT2D eigenvalue weighted by atomic mass is 16.5. The summed E-state index contributed by atoms with van der Waals surface area (Å²) in [6, 6.07) is 6.93. The summed E-state index contributed by atoms with van der Waals surface area (Å²) in [4.78, 5) is 2.47. The molecule has 1 aromatic carbocycles. The van der Waals surface area contributed by atoms with Crippen molar-refractivity contribution in [2.75, 3.05) is 32.8 Å². The Bertz CT molecular complexity index is 498. The van der Waals surface area contributed by atoms with E-state index in [1.165, 1.54) is 11.1 Å². The van der Waals surface area contributed by atoms with Crippen molar-refractivity contribution >= 4 is 0 Å². The molecule has 0 saturated carbocycles. The molecule has 0 spiro atoms. The molecule has 0 aliphatic carbocycles. The van der Waals surface area contributed by atoms with E-state index in [0.717, 1.165) is 70.6 Å². The van der Waals surface area contributed by atoms with E-state index in [2.05, 4.69) is 35.3 Å². The third-order valence-corrected chi connectivity index (χ3v) is 5.03. The zero-order valence-electron chi connectivity index (χ0n) is 14.3. The molecule has 0 aromatic heterocycles. The average molecular weight is 318 g/mol. The third kappa shape index (κ3) is 4.69. The zero-order chi connectivity index (χ0) is 16.1. The van der Waals surface area contributed by atoms with Crippen LogP contribution in [0.2, 0.25) is 0 Å². The summed E-state index contributed by atoms with van der Waals surface area (Å²) in [6.45, 7) is 7.22. The van der Waals surface area contributed by atoms with E-state index in [1.54, 1.807) is 0 Å². The Morgan fingerprint density at radius 3 is 2.91 bits per heavy atom. The standard InChI is InChI=1S/C19H30N2O2/c1-15-5-6-19-17(14-15)18(4-2-13-23-19)20-9-3-10-21-11-7-16(22)8-12-21/h5-6,14,16,18,20,22H,2-4,7-13H2,1H3. The predicted molar refractivity (Wildman–Crippen MR) is 92.9 cm³/mol. The van der Waals surface area contributed by atoms with E-state index in [4.69, 9.17) is 4.74 Å². The molecule has 0 bridgehead atoms. The molecule has 128 valence electrons. The van der Waals surface area contributed by atoms with Gasteiger partial charge in [0.05, 0.1) is 12.7 Å². The second-order valence-electron chi connectivity index (χ2n) is 6.97. The largest absolute Gasteiger partial charge is 0.493 e. The lowest BCUT2D eigenvalue weighted by molar-refractivity contribution is 0.0820. The molecule has 1 unspecified atom stereocenters. The number of nitrogens with one attached hydrogen (secondary N) is 1. The van der Waals surface area contributed by atoms with Crippen LogP contribution in [0.4, 0.5) is 0 Å².